The Hall–Kier alpha value is -2.22. The van der Waals surface area contributed by atoms with Crippen molar-refractivity contribution < 1.29 is 8.42 Å². The number of hydrogen-bond donors (Lipinski definition) is 0. The topological polar surface area (TPSA) is 72.3 Å². The summed E-state index contributed by atoms with van der Waals surface area (Å²) in [5, 5.41) is 0.925. The van der Waals surface area contributed by atoms with Gasteiger partial charge in [-0.25, -0.2) is 13.4 Å². The Morgan fingerprint density at radius 2 is 1.79 bits per heavy atom. The van der Waals surface area contributed by atoms with Gasteiger partial charge in [0.15, 0.2) is 0 Å². The molecule has 0 spiro atoms. The van der Waals surface area contributed by atoms with E-state index in [1.54, 1.807) is 56.3 Å². The summed E-state index contributed by atoms with van der Waals surface area (Å²) in [6, 6.07) is 11.0. The maximum Gasteiger partial charge on any atom is 0.261 e. The van der Waals surface area contributed by atoms with Crippen LogP contribution in [0.2, 0.25) is 5.02 Å². The van der Waals surface area contributed by atoms with Gasteiger partial charge >= 0.3 is 0 Å². The first kappa shape index (κ1) is 21.5. The van der Waals surface area contributed by atoms with Crippen LogP contribution in [-0.2, 0) is 16.6 Å². The van der Waals surface area contributed by atoms with Crippen LogP contribution in [0.25, 0.3) is 10.9 Å². The highest BCUT2D eigenvalue weighted by Gasteiger charge is 2.31. The van der Waals surface area contributed by atoms with Crippen LogP contribution in [0.3, 0.4) is 0 Å². The van der Waals surface area contributed by atoms with Crippen molar-refractivity contribution in [2.75, 3.05) is 6.54 Å². The Kier molecular flexibility index (Phi) is 6.12. The van der Waals surface area contributed by atoms with Gasteiger partial charge in [-0.15, -0.1) is 0 Å². The molecule has 1 aromatic heterocycles. The van der Waals surface area contributed by atoms with Crippen molar-refractivity contribution in [1.82, 2.24) is 13.9 Å². The average Bonchev–Trinajstić information content (AvgIpc) is 2.68. The number of hydrogen-bond acceptors (Lipinski definition) is 4. The van der Waals surface area contributed by atoms with Crippen LogP contribution in [-0.4, -0.2) is 28.8 Å². The van der Waals surface area contributed by atoms with Gasteiger partial charge in [-0.3, -0.25) is 9.36 Å². The molecule has 29 heavy (non-hydrogen) atoms. The minimum Gasteiger partial charge on any atom is -0.295 e. The number of benzene rings is 2. The van der Waals surface area contributed by atoms with E-state index < -0.39 is 16.1 Å². The fraction of sp³-hybridized carbons (Fsp3) is 0.333. The quantitative estimate of drug-likeness (QED) is 0.585. The molecule has 1 atom stereocenters. The molecule has 0 radical (unpaired) electrons. The number of rotatable bonds is 6. The zero-order valence-electron chi connectivity index (χ0n) is 16.9. The number of halogens is 1. The van der Waals surface area contributed by atoms with Gasteiger partial charge in [0.1, 0.15) is 5.82 Å². The van der Waals surface area contributed by atoms with Crippen LogP contribution < -0.4 is 5.56 Å². The van der Waals surface area contributed by atoms with Gasteiger partial charge in [0.2, 0.25) is 10.0 Å². The molecule has 0 aliphatic rings. The first-order valence-electron chi connectivity index (χ1n) is 9.49. The SMILES string of the molecule is CCN(C(C)c1nc2cc(Cl)ccc2c(=O)n1CC)S(=O)(=O)c1ccc(C)cc1. The van der Waals surface area contributed by atoms with E-state index in [9.17, 15) is 13.2 Å². The zero-order chi connectivity index (χ0) is 21.3. The second kappa shape index (κ2) is 8.26. The Morgan fingerprint density at radius 3 is 2.38 bits per heavy atom. The summed E-state index contributed by atoms with van der Waals surface area (Å²) in [5.41, 5.74) is 1.23. The zero-order valence-corrected chi connectivity index (χ0v) is 18.5. The van der Waals surface area contributed by atoms with Gasteiger partial charge in [0.25, 0.3) is 5.56 Å². The summed E-state index contributed by atoms with van der Waals surface area (Å²) in [6.45, 7) is 7.89. The van der Waals surface area contributed by atoms with Crippen LogP contribution >= 0.6 is 11.6 Å². The molecule has 0 saturated heterocycles. The van der Waals surface area contributed by atoms with Gasteiger partial charge in [0, 0.05) is 18.1 Å². The molecule has 3 rings (SSSR count). The number of nitrogens with zero attached hydrogens (tertiary/aromatic N) is 3. The van der Waals surface area contributed by atoms with Crippen molar-refractivity contribution in [3.8, 4) is 0 Å². The van der Waals surface area contributed by atoms with Crippen LogP contribution in [0.15, 0.2) is 52.2 Å². The third kappa shape index (κ3) is 3.95. The third-order valence-corrected chi connectivity index (χ3v) is 7.30. The van der Waals surface area contributed by atoms with E-state index in [2.05, 4.69) is 4.98 Å². The van der Waals surface area contributed by atoms with Crippen LogP contribution in [0.4, 0.5) is 0 Å². The summed E-state index contributed by atoms with van der Waals surface area (Å²) in [7, 11) is -3.76. The lowest BCUT2D eigenvalue weighted by molar-refractivity contribution is 0.334. The molecule has 1 unspecified atom stereocenters. The van der Waals surface area contributed by atoms with Gasteiger partial charge < -0.3 is 0 Å². The van der Waals surface area contributed by atoms with E-state index in [0.717, 1.165) is 5.56 Å². The van der Waals surface area contributed by atoms with E-state index in [-0.39, 0.29) is 17.0 Å². The number of fused-ring (bicyclic) bond motifs is 1. The number of aryl methyl sites for hydroxylation is 1. The molecule has 8 heteroatoms. The molecule has 0 aliphatic carbocycles. The fourth-order valence-corrected chi connectivity index (χ4v) is 5.23. The van der Waals surface area contributed by atoms with Crippen LogP contribution in [0, 0.1) is 6.92 Å². The second-order valence-electron chi connectivity index (χ2n) is 6.88. The summed E-state index contributed by atoms with van der Waals surface area (Å²) in [4.78, 5) is 17.8. The predicted molar refractivity (Wildman–Crippen MR) is 116 cm³/mol. The summed E-state index contributed by atoms with van der Waals surface area (Å²) in [5.74, 6) is 0.393. The van der Waals surface area contributed by atoms with Gasteiger partial charge in [-0.1, -0.05) is 36.2 Å². The molecule has 0 aliphatic heterocycles. The maximum atomic E-state index is 13.3. The maximum absolute atomic E-state index is 13.3. The van der Waals surface area contributed by atoms with E-state index >= 15 is 0 Å². The van der Waals surface area contributed by atoms with E-state index in [1.807, 2.05) is 13.8 Å². The molecule has 6 nitrogen and oxygen atoms in total. The summed E-state index contributed by atoms with van der Waals surface area (Å²) < 4.78 is 29.4. The molecule has 0 amide bonds. The Morgan fingerprint density at radius 1 is 1.14 bits per heavy atom. The highest BCUT2D eigenvalue weighted by Crippen LogP contribution is 2.27. The average molecular weight is 434 g/mol. The van der Waals surface area contributed by atoms with Gasteiger partial charge in [-0.2, -0.15) is 4.31 Å². The van der Waals surface area contributed by atoms with Crippen LogP contribution in [0.5, 0.6) is 0 Å². The number of aromatic nitrogens is 2. The normalized spacial score (nSPS) is 13.2. The molecule has 0 saturated carbocycles. The molecule has 0 fully saturated rings. The van der Waals surface area contributed by atoms with E-state index in [0.29, 0.717) is 28.3 Å². The molecule has 2 aromatic carbocycles. The first-order valence-corrected chi connectivity index (χ1v) is 11.3. The molecule has 0 N–H and O–H groups in total. The van der Waals surface area contributed by atoms with Crippen molar-refractivity contribution in [3.63, 3.8) is 0 Å². The first-order chi connectivity index (χ1) is 13.7. The lowest BCUT2D eigenvalue weighted by Gasteiger charge is -2.28. The molecular formula is C21H24ClN3O3S. The van der Waals surface area contributed by atoms with Crippen molar-refractivity contribution in [1.29, 1.82) is 0 Å². The molecule has 3 aromatic rings. The molecule has 1 heterocycles. The summed E-state index contributed by atoms with van der Waals surface area (Å²) in [6.07, 6.45) is 0. The molecule has 0 bridgehead atoms. The lowest BCUT2D eigenvalue weighted by atomic mass is 10.2. The molecule has 154 valence electrons. The van der Waals surface area contributed by atoms with Crippen molar-refractivity contribution in [2.45, 2.75) is 45.2 Å². The van der Waals surface area contributed by atoms with Gasteiger partial charge in [-0.05, 0) is 51.1 Å². The molecular weight excluding hydrogens is 410 g/mol. The summed E-state index contributed by atoms with van der Waals surface area (Å²) >= 11 is 6.08. The second-order valence-corrected chi connectivity index (χ2v) is 9.21. The smallest absolute Gasteiger partial charge is 0.261 e. The van der Waals surface area contributed by atoms with E-state index in [1.165, 1.54) is 8.87 Å². The minimum atomic E-state index is -3.76. The highest BCUT2D eigenvalue weighted by atomic mass is 35.5. The van der Waals surface area contributed by atoms with E-state index in [4.69, 9.17) is 11.6 Å². The Labute approximate surface area is 175 Å². The minimum absolute atomic E-state index is 0.209. The van der Waals surface area contributed by atoms with Crippen molar-refractivity contribution in [3.05, 3.63) is 69.2 Å². The standard InChI is InChI=1S/C21H24ClN3O3S/c1-5-24-20(23-19-13-16(22)9-12-18(19)21(24)26)15(4)25(6-2)29(27,28)17-10-7-14(3)8-11-17/h7-13,15H,5-6H2,1-4H3. The largest absolute Gasteiger partial charge is 0.295 e. The lowest BCUT2D eigenvalue weighted by Crippen LogP contribution is -2.37. The highest BCUT2D eigenvalue weighted by molar-refractivity contribution is 7.89. The predicted octanol–water partition coefficient (Wildman–Crippen LogP) is 4.15. The van der Waals surface area contributed by atoms with Crippen molar-refractivity contribution in [2.24, 2.45) is 0 Å². The Bertz CT molecular complexity index is 1200. The van der Waals surface area contributed by atoms with Crippen LogP contribution in [0.1, 0.15) is 38.2 Å². The monoisotopic (exact) mass is 433 g/mol. The fourth-order valence-electron chi connectivity index (χ4n) is 3.46. The third-order valence-electron chi connectivity index (χ3n) is 5.01. The Balaban J connectivity index is 2.17. The number of sulfonamides is 1. The van der Waals surface area contributed by atoms with Gasteiger partial charge in [0.05, 0.1) is 21.8 Å². The van der Waals surface area contributed by atoms with Crippen molar-refractivity contribution >= 4 is 32.5 Å².